The molecular formula is C14H12BrClN2O2S. The highest BCUT2D eigenvalue weighted by atomic mass is 79.9. The third-order valence-electron chi connectivity index (χ3n) is 2.61. The lowest BCUT2D eigenvalue weighted by Crippen LogP contribution is -2.19. The van der Waals surface area contributed by atoms with E-state index >= 15 is 0 Å². The second-order valence-electron chi connectivity index (χ2n) is 4.23. The van der Waals surface area contributed by atoms with E-state index in [1.54, 1.807) is 30.3 Å². The molecule has 0 bridgehead atoms. The molecule has 110 valence electrons. The van der Waals surface area contributed by atoms with E-state index in [4.69, 9.17) is 17.3 Å². The molecule has 7 heteroatoms. The molecule has 0 saturated heterocycles. The first kappa shape index (κ1) is 16.0. The van der Waals surface area contributed by atoms with E-state index in [2.05, 4.69) is 21.2 Å². The maximum absolute atomic E-state index is 12.1. The highest BCUT2D eigenvalue weighted by Crippen LogP contribution is 2.22. The van der Waals surface area contributed by atoms with Crippen LogP contribution in [0.5, 0.6) is 0 Å². The van der Waals surface area contributed by atoms with E-state index < -0.39 is 10.8 Å². The summed E-state index contributed by atoms with van der Waals surface area (Å²) in [6.07, 6.45) is 0. The molecule has 0 aliphatic heterocycles. The third-order valence-corrected chi connectivity index (χ3v) is 4.73. The Hall–Kier alpha value is -1.37. The van der Waals surface area contributed by atoms with E-state index in [-0.39, 0.29) is 11.7 Å². The third kappa shape index (κ3) is 4.56. The quantitative estimate of drug-likeness (QED) is 0.789. The number of halogens is 2. The first-order chi connectivity index (χ1) is 9.95. The molecule has 0 fully saturated rings. The lowest BCUT2D eigenvalue weighted by atomic mass is 10.3. The highest BCUT2D eigenvalue weighted by molar-refractivity contribution is 9.10. The van der Waals surface area contributed by atoms with Crippen molar-refractivity contribution in [3.63, 3.8) is 0 Å². The van der Waals surface area contributed by atoms with Crippen molar-refractivity contribution < 1.29 is 9.00 Å². The molecule has 4 nitrogen and oxygen atoms in total. The largest absolute Gasteiger partial charge is 0.398 e. The first-order valence-corrected chi connectivity index (χ1v) is 8.43. The summed E-state index contributed by atoms with van der Waals surface area (Å²) in [6, 6.07) is 11.9. The Kier molecular flexibility index (Phi) is 5.39. The zero-order chi connectivity index (χ0) is 15.4. The number of carbonyl (C=O) groups is 1. The summed E-state index contributed by atoms with van der Waals surface area (Å²) in [5, 5.41) is 3.02. The van der Waals surface area contributed by atoms with E-state index in [9.17, 15) is 9.00 Å². The van der Waals surface area contributed by atoms with Crippen LogP contribution in [0.2, 0.25) is 5.02 Å². The van der Waals surface area contributed by atoms with Crippen LogP contribution in [0.15, 0.2) is 51.8 Å². The minimum absolute atomic E-state index is 0.146. The second-order valence-corrected chi connectivity index (χ2v) is 7.01. The van der Waals surface area contributed by atoms with Gasteiger partial charge in [0.1, 0.15) is 5.75 Å². The summed E-state index contributed by atoms with van der Waals surface area (Å²) in [5.41, 5.74) is 6.65. The average Bonchev–Trinajstić information content (AvgIpc) is 2.41. The summed E-state index contributed by atoms with van der Waals surface area (Å²) in [6.45, 7) is 0. The molecule has 0 spiro atoms. The second kappa shape index (κ2) is 7.06. The van der Waals surface area contributed by atoms with Crippen molar-refractivity contribution in [1.82, 2.24) is 0 Å². The van der Waals surface area contributed by atoms with Gasteiger partial charge < -0.3 is 11.1 Å². The molecular weight excluding hydrogens is 376 g/mol. The number of hydrogen-bond donors (Lipinski definition) is 2. The number of hydrogen-bond acceptors (Lipinski definition) is 3. The predicted molar refractivity (Wildman–Crippen MR) is 89.9 cm³/mol. The van der Waals surface area contributed by atoms with Gasteiger partial charge in [-0.15, -0.1) is 0 Å². The van der Waals surface area contributed by atoms with Crippen LogP contribution in [0.25, 0.3) is 0 Å². The number of nitrogen functional groups attached to an aromatic ring is 1. The summed E-state index contributed by atoms with van der Waals surface area (Å²) in [7, 11) is -1.47. The zero-order valence-electron chi connectivity index (χ0n) is 10.8. The fourth-order valence-electron chi connectivity index (χ4n) is 1.62. The molecule has 0 heterocycles. The molecule has 0 aromatic heterocycles. The smallest absolute Gasteiger partial charge is 0.237 e. The van der Waals surface area contributed by atoms with Gasteiger partial charge in [-0.25, -0.2) is 0 Å². The van der Waals surface area contributed by atoms with Crippen molar-refractivity contribution in [2.75, 3.05) is 16.8 Å². The van der Waals surface area contributed by atoms with E-state index in [0.29, 0.717) is 21.3 Å². The number of anilines is 2. The normalized spacial score (nSPS) is 11.9. The number of carbonyl (C=O) groups excluding carboxylic acids is 1. The Morgan fingerprint density at radius 3 is 2.71 bits per heavy atom. The molecule has 0 radical (unpaired) electrons. The van der Waals surface area contributed by atoms with Gasteiger partial charge >= 0.3 is 0 Å². The number of nitrogens with two attached hydrogens (primary N) is 1. The van der Waals surface area contributed by atoms with Crippen molar-refractivity contribution in [3.05, 3.63) is 52.0 Å². The Morgan fingerprint density at radius 1 is 1.29 bits per heavy atom. The first-order valence-electron chi connectivity index (χ1n) is 5.94. The lowest BCUT2D eigenvalue weighted by molar-refractivity contribution is -0.113. The van der Waals surface area contributed by atoms with Crippen LogP contribution in [0.3, 0.4) is 0 Å². The number of benzene rings is 2. The van der Waals surface area contributed by atoms with Crippen molar-refractivity contribution in [3.8, 4) is 0 Å². The van der Waals surface area contributed by atoms with Crippen molar-refractivity contribution >= 4 is 55.6 Å². The molecule has 1 unspecified atom stereocenters. The van der Waals surface area contributed by atoms with Crippen molar-refractivity contribution in [2.45, 2.75) is 4.90 Å². The minimum Gasteiger partial charge on any atom is -0.398 e. The van der Waals surface area contributed by atoms with E-state index in [0.717, 1.165) is 4.47 Å². The maximum Gasteiger partial charge on any atom is 0.237 e. The fraction of sp³-hybridized carbons (Fsp3) is 0.0714. The molecule has 21 heavy (non-hydrogen) atoms. The van der Waals surface area contributed by atoms with Crippen molar-refractivity contribution in [1.29, 1.82) is 0 Å². The lowest BCUT2D eigenvalue weighted by Gasteiger charge is -2.07. The number of nitrogens with one attached hydrogen (secondary N) is 1. The molecule has 0 saturated carbocycles. The van der Waals surface area contributed by atoms with Crippen molar-refractivity contribution in [2.24, 2.45) is 0 Å². The predicted octanol–water partition coefficient (Wildman–Crippen LogP) is 3.43. The summed E-state index contributed by atoms with van der Waals surface area (Å²) in [4.78, 5) is 12.4. The SMILES string of the molecule is Nc1ccc(S(=O)CC(=O)Nc2cccc(Br)c2)cc1Cl. The van der Waals surface area contributed by atoms with Gasteiger partial charge in [0.05, 0.1) is 21.5 Å². The van der Waals surface area contributed by atoms with Crippen LogP contribution in [-0.2, 0) is 15.6 Å². The van der Waals surface area contributed by atoms with E-state index in [1.165, 1.54) is 6.07 Å². The van der Waals surface area contributed by atoms with Gasteiger partial charge in [0.25, 0.3) is 0 Å². The molecule has 3 N–H and O–H groups in total. The Morgan fingerprint density at radius 2 is 2.05 bits per heavy atom. The Balaban J connectivity index is 2.02. The van der Waals surface area contributed by atoms with Crippen LogP contribution < -0.4 is 11.1 Å². The molecule has 0 aliphatic rings. The van der Waals surface area contributed by atoms with Gasteiger partial charge in [0.2, 0.25) is 5.91 Å². The molecule has 2 aromatic rings. The summed E-state index contributed by atoms with van der Waals surface area (Å²) < 4.78 is 13.0. The molecule has 1 atom stereocenters. The fourth-order valence-corrected chi connectivity index (χ4v) is 3.21. The topological polar surface area (TPSA) is 72.2 Å². The van der Waals surface area contributed by atoms with Gasteiger partial charge in [-0.1, -0.05) is 33.6 Å². The van der Waals surface area contributed by atoms with Crippen LogP contribution in [0.1, 0.15) is 0 Å². The Labute approximate surface area is 138 Å². The van der Waals surface area contributed by atoms with Gasteiger partial charge in [0, 0.05) is 15.1 Å². The molecule has 1 amide bonds. The van der Waals surface area contributed by atoms with Gasteiger partial charge in [-0.3, -0.25) is 9.00 Å². The van der Waals surface area contributed by atoms with Gasteiger partial charge in [-0.05, 0) is 36.4 Å². The van der Waals surface area contributed by atoms with E-state index in [1.807, 2.05) is 6.07 Å². The molecule has 0 aliphatic carbocycles. The zero-order valence-corrected chi connectivity index (χ0v) is 14.0. The summed E-state index contributed by atoms with van der Waals surface area (Å²) in [5.74, 6) is -0.480. The molecule has 2 rings (SSSR count). The molecule has 2 aromatic carbocycles. The standard InChI is InChI=1S/C14H12BrClN2O2S/c15-9-2-1-3-10(6-9)18-14(19)8-21(20)11-4-5-13(17)12(16)7-11/h1-7H,8,17H2,(H,18,19). The Bertz CT molecular complexity index is 709. The van der Waals surface area contributed by atoms with Crippen LogP contribution >= 0.6 is 27.5 Å². The minimum atomic E-state index is -1.47. The van der Waals surface area contributed by atoms with Gasteiger partial charge in [0.15, 0.2) is 0 Å². The highest BCUT2D eigenvalue weighted by Gasteiger charge is 2.12. The van der Waals surface area contributed by atoms with Gasteiger partial charge in [-0.2, -0.15) is 0 Å². The number of rotatable bonds is 4. The summed E-state index contributed by atoms with van der Waals surface area (Å²) >= 11 is 9.19. The van der Waals surface area contributed by atoms with Crippen LogP contribution in [-0.4, -0.2) is 15.9 Å². The average molecular weight is 388 g/mol. The maximum atomic E-state index is 12.1. The number of amides is 1. The van der Waals surface area contributed by atoms with Crippen LogP contribution in [0, 0.1) is 0 Å². The monoisotopic (exact) mass is 386 g/mol. The van der Waals surface area contributed by atoms with Crippen LogP contribution in [0.4, 0.5) is 11.4 Å².